The van der Waals surface area contributed by atoms with E-state index >= 15 is 0 Å². The maximum absolute atomic E-state index is 13.6. The molecule has 1 aromatic heterocycles. The molecule has 4 heteroatoms. The number of H-pyrrole nitrogens is 1. The first kappa shape index (κ1) is 14.0. The van der Waals surface area contributed by atoms with Gasteiger partial charge < -0.3 is 9.88 Å². The Morgan fingerprint density at radius 3 is 2.63 bits per heavy atom. The molecule has 1 N–H and O–H groups in total. The maximum atomic E-state index is 13.6. The molecule has 0 fully saturated rings. The Hall–Kier alpha value is -1.42. The van der Waals surface area contributed by atoms with Crippen molar-refractivity contribution in [3.63, 3.8) is 0 Å². The van der Waals surface area contributed by atoms with Gasteiger partial charge in [0.1, 0.15) is 0 Å². The molecule has 2 rings (SSSR count). The summed E-state index contributed by atoms with van der Waals surface area (Å²) in [5.74, 6) is -1.60. The summed E-state index contributed by atoms with van der Waals surface area (Å²) in [6, 6.07) is 3.32. The van der Waals surface area contributed by atoms with Crippen LogP contribution < -0.4 is 0 Å². The van der Waals surface area contributed by atoms with Gasteiger partial charge in [0.05, 0.1) is 5.52 Å². The number of rotatable bonds is 5. The smallest absolute Gasteiger partial charge is 0.182 e. The fraction of sp³-hybridized carbons (Fsp3) is 0.467. The highest BCUT2D eigenvalue weighted by atomic mass is 19.2. The maximum Gasteiger partial charge on any atom is 0.182 e. The first-order valence-electron chi connectivity index (χ1n) is 6.72. The SMILES string of the molecule is CCN(CCc1c[nH]c2c(F)c(F)ccc12)C(C)C. The van der Waals surface area contributed by atoms with E-state index < -0.39 is 11.6 Å². The molecule has 104 valence electrons. The monoisotopic (exact) mass is 266 g/mol. The van der Waals surface area contributed by atoms with E-state index in [4.69, 9.17) is 0 Å². The molecule has 1 heterocycles. The third-order valence-electron chi connectivity index (χ3n) is 3.64. The molecule has 0 saturated carbocycles. The van der Waals surface area contributed by atoms with Crippen LogP contribution in [-0.2, 0) is 6.42 Å². The van der Waals surface area contributed by atoms with Crippen LogP contribution >= 0.6 is 0 Å². The molecule has 0 bridgehead atoms. The van der Waals surface area contributed by atoms with E-state index in [1.807, 2.05) is 0 Å². The van der Waals surface area contributed by atoms with Crippen molar-refractivity contribution in [1.29, 1.82) is 0 Å². The highest BCUT2D eigenvalue weighted by Gasteiger charge is 2.13. The quantitative estimate of drug-likeness (QED) is 0.874. The Morgan fingerprint density at radius 1 is 1.26 bits per heavy atom. The van der Waals surface area contributed by atoms with Gasteiger partial charge >= 0.3 is 0 Å². The van der Waals surface area contributed by atoms with Crippen LogP contribution in [-0.4, -0.2) is 29.0 Å². The minimum Gasteiger partial charge on any atom is -0.358 e. The second-order valence-corrected chi connectivity index (χ2v) is 5.07. The molecule has 19 heavy (non-hydrogen) atoms. The highest BCUT2D eigenvalue weighted by molar-refractivity contribution is 5.83. The van der Waals surface area contributed by atoms with Gasteiger partial charge in [0, 0.05) is 24.2 Å². The van der Waals surface area contributed by atoms with Crippen molar-refractivity contribution in [2.45, 2.75) is 33.2 Å². The Kier molecular flexibility index (Phi) is 4.20. The summed E-state index contributed by atoms with van der Waals surface area (Å²) in [6.07, 6.45) is 2.61. The van der Waals surface area contributed by atoms with Crippen molar-refractivity contribution < 1.29 is 8.78 Å². The Balaban J connectivity index is 2.20. The number of hydrogen-bond acceptors (Lipinski definition) is 1. The first-order chi connectivity index (χ1) is 9.04. The van der Waals surface area contributed by atoms with Crippen LogP contribution in [0.5, 0.6) is 0 Å². The minimum atomic E-state index is -0.807. The number of fused-ring (bicyclic) bond motifs is 1. The van der Waals surface area contributed by atoms with Crippen molar-refractivity contribution >= 4 is 10.9 Å². The predicted molar refractivity (Wildman–Crippen MR) is 74.3 cm³/mol. The molecule has 0 spiro atoms. The molecule has 1 aromatic carbocycles. The zero-order valence-electron chi connectivity index (χ0n) is 11.6. The predicted octanol–water partition coefficient (Wildman–Crippen LogP) is 3.72. The number of halogens is 2. The topological polar surface area (TPSA) is 19.0 Å². The fourth-order valence-corrected chi connectivity index (χ4v) is 2.45. The molecule has 0 aliphatic rings. The van der Waals surface area contributed by atoms with Crippen LogP contribution in [0.1, 0.15) is 26.3 Å². The summed E-state index contributed by atoms with van der Waals surface area (Å²) in [5, 5.41) is 0.777. The van der Waals surface area contributed by atoms with Gasteiger partial charge in [0.2, 0.25) is 0 Å². The minimum absolute atomic E-state index is 0.266. The molecule has 0 aliphatic carbocycles. The first-order valence-corrected chi connectivity index (χ1v) is 6.72. The van der Waals surface area contributed by atoms with E-state index in [2.05, 4.69) is 30.7 Å². The standard InChI is InChI=1S/C15H20F2N2/c1-4-19(10(2)3)8-7-11-9-18-15-12(11)5-6-13(16)14(15)17/h5-6,9-10,18H,4,7-8H2,1-3H3. The van der Waals surface area contributed by atoms with Crippen molar-refractivity contribution in [3.8, 4) is 0 Å². The van der Waals surface area contributed by atoms with Gasteiger partial charge in [-0.25, -0.2) is 8.78 Å². The Labute approximate surface area is 112 Å². The van der Waals surface area contributed by atoms with Crippen molar-refractivity contribution in [2.75, 3.05) is 13.1 Å². The van der Waals surface area contributed by atoms with Crippen molar-refractivity contribution in [3.05, 3.63) is 35.5 Å². The van der Waals surface area contributed by atoms with E-state index in [1.54, 1.807) is 12.3 Å². The molecule has 2 aromatic rings. The lowest BCUT2D eigenvalue weighted by Gasteiger charge is -2.24. The second-order valence-electron chi connectivity index (χ2n) is 5.07. The molecule has 0 atom stereocenters. The van der Waals surface area contributed by atoms with E-state index in [0.717, 1.165) is 30.5 Å². The molecule has 0 unspecified atom stereocenters. The summed E-state index contributed by atoms with van der Waals surface area (Å²) in [5.41, 5.74) is 1.30. The molecule has 0 radical (unpaired) electrons. The van der Waals surface area contributed by atoms with Crippen LogP contribution in [0.2, 0.25) is 0 Å². The highest BCUT2D eigenvalue weighted by Crippen LogP contribution is 2.23. The van der Waals surface area contributed by atoms with Crippen LogP contribution in [0, 0.1) is 11.6 Å². The number of benzene rings is 1. The van der Waals surface area contributed by atoms with Crippen LogP contribution in [0.15, 0.2) is 18.3 Å². The van der Waals surface area contributed by atoms with Crippen LogP contribution in [0.25, 0.3) is 10.9 Å². The van der Waals surface area contributed by atoms with E-state index in [0.29, 0.717) is 6.04 Å². The lowest BCUT2D eigenvalue weighted by atomic mass is 10.1. The van der Waals surface area contributed by atoms with E-state index in [9.17, 15) is 8.78 Å². The van der Waals surface area contributed by atoms with Crippen LogP contribution in [0.3, 0.4) is 0 Å². The molecule has 0 amide bonds. The summed E-state index contributed by atoms with van der Waals surface area (Å²) < 4.78 is 26.7. The van der Waals surface area contributed by atoms with Gasteiger partial charge in [-0.05, 0) is 44.5 Å². The Bertz CT molecular complexity index is 561. The Morgan fingerprint density at radius 2 is 2.00 bits per heavy atom. The largest absolute Gasteiger partial charge is 0.358 e. The van der Waals surface area contributed by atoms with Gasteiger partial charge in [0.15, 0.2) is 11.6 Å². The number of aromatic nitrogens is 1. The molecule has 0 aliphatic heterocycles. The summed E-state index contributed by atoms with van der Waals surface area (Å²) in [7, 11) is 0. The van der Waals surface area contributed by atoms with Crippen LogP contribution in [0.4, 0.5) is 8.78 Å². The molecular formula is C15H20F2N2. The zero-order valence-corrected chi connectivity index (χ0v) is 11.6. The van der Waals surface area contributed by atoms with Gasteiger partial charge in [-0.1, -0.05) is 6.92 Å². The summed E-state index contributed by atoms with van der Waals surface area (Å²) in [6.45, 7) is 8.36. The van der Waals surface area contributed by atoms with Gasteiger partial charge in [-0.3, -0.25) is 0 Å². The van der Waals surface area contributed by atoms with Gasteiger partial charge in [-0.2, -0.15) is 0 Å². The summed E-state index contributed by atoms with van der Waals surface area (Å²) in [4.78, 5) is 5.18. The number of aromatic amines is 1. The second kappa shape index (κ2) is 5.70. The fourth-order valence-electron chi connectivity index (χ4n) is 2.45. The van der Waals surface area contributed by atoms with Gasteiger partial charge in [-0.15, -0.1) is 0 Å². The lowest BCUT2D eigenvalue weighted by molar-refractivity contribution is 0.237. The number of hydrogen-bond donors (Lipinski definition) is 1. The normalized spacial score (nSPS) is 11.9. The third kappa shape index (κ3) is 2.78. The van der Waals surface area contributed by atoms with Gasteiger partial charge in [0.25, 0.3) is 0 Å². The zero-order chi connectivity index (χ0) is 14.0. The summed E-state index contributed by atoms with van der Waals surface area (Å²) >= 11 is 0. The molecule has 0 saturated heterocycles. The van der Waals surface area contributed by atoms with E-state index in [-0.39, 0.29) is 5.52 Å². The average Bonchev–Trinajstić information content (AvgIpc) is 2.78. The number of nitrogens with one attached hydrogen (secondary N) is 1. The van der Waals surface area contributed by atoms with E-state index in [1.165, 1.54) is 6.07 Å². The number of nitrogens with zero attached hydrogens (tertiary/aromatic N) is 1. The number of likely N-dealkylation sites (N-methyl/N-ethyl adjacent to an activating group) is 1. The molecular weight excluding hydrogens is 246 g/mol. The van der Waals surface area contributed by atoms with Crippen molar-refractivity contribution in [1.82, 2.24) is 9.88 Å². The molecule has 2 nitrogen and oxygen atoms in total. The average molecular weight is 266 g/mol. The third-order valence-corrected chi connectivity index (χ3v) is 3.64. The van der Waals surface area contributed by atoms with Crippen molar-refractivity contribution in [2.24, 2.45) is 0 Å². The lowest BCUT2D eigenvalue weighted by Crippen LogP contribution is -2.32.